The number of nitrogens with one attached hydrogen (secondary N) is 1. The van der Waals surface area contributed by atoms with Crippen LogP contribution in [0.1, 0.15) is 51.6 Å². The first-order valence-corrected chi connectivity index (χ1v) is 8.26. The van der Waals surface area contributed by atoms with E-state index in [1.54, 1.807) is 0 Å². The fourth-order valence-corrected chi connectivity index (χ4v) is 3.63. The molecule has 2 aliphatic rings. The second-order valence-electron chi connectivity index (χ2n) is 6.80. The monoisotopic (exact) mass is 286 g/mol. The standard InChI is InChI=1S/C18H26N2O/c1-4-8-14-11-15(14)20-17(12(2)3)19-16(18(20)21)13-9-6-5-7-10-13/h5-7,9-10,12,14-17,19H,4,8,11H2,1-3H3. The molecule has 2 fully saturated rings. The van der Waals surface area contributed by atoms with Crippen LogP contribution in [-0.4, -0.2) is 23.0 Å². The highest BCUT2D eigenvalue weighted by molar-refractivity contribution is 5.86. The Balaban J connectivity index is 1.80. The van der Waals surface area contributed by atoms with Gasteiger partial charge in [0, 0.05) is 6.04 Å². The maximum absolute atomic E-state index is 12.9. The van der Waals surface area contributed by atoms with Crippen LogP contribution in [0.5, 0.6) is 0 Å². The normalized spacial score (nSPS) is 32.0. The third-order valence-electron chi connectivity index (χ3n) is 4.80. The van der Waals surface area contributed by atoms with Gasteiger partial charge in [-0.05, 0) is 30.2 Å². The van der Waals surface area contributed by atoms with Gasteiger partial charge in [0.25, 0.3) is 0 Å². The summed E-state index contributed by atoms with van der Waals surface area (Å²) in [5, 5.41) is 3.57. The molecule has 1 aromatic rings. The van der Waals surface area contributed by atoms with E-state index in [0.29, 0.717) is 12.0 Å². The van der Waals surface area contributed by atoms with Crippen LogP contribution in [0.15, 0.2) is 30.3 Å². The topological polar surface area (TPSA) is 32.3 Å². The predicted octanol–water partition coefficient (Wildman–Crippen LogP) is 3.33. The summed E-state index contributed by atoms with van der Waals surface area (Å²) >= 11 is 0. The Morgan fingerprint density at radius 1 is 1.29 bits per heavy atom. The average molecular weight is 286 g/mol. The molecule has 1 heterocycles. The Labute approximate surface area is 127 Å². The zero-order valence-corrected chi connectivity index (χ0v) is 13.3. The molecule has 1 N–H and O–H groups in total. The summed E-state index contributed by atoms with van der Waals surface area (Å²) in [5.74, 6) is 1.42. The molecular weight excluding hydrogens is 260 g/mol. The number of nitrogens with zero attached hydrogens (tertiary/aromatic N) is 1. The summed E-state index contributed by atoms with van der Waals surface area (Å²) < 4.78 is 0. The summed E-state index contributed by atoms with van der Waals surface area (Å²) in [4.78, 5) is 15.1. The van der Waals surface area contributed by atoms with Crippen molar-refractivity contribution >= 4 is 5.91 Å². The highest BCUT2D eigenvalue weighted by Crippen LogP contribution is 2.44. The van der Waals surface area contributed by atoms with Crippen LogP contribution in [0.4, 0.5) is 0 Å². The van der Waals surface area contributed by atoms with Crippen LogP contribution in [0, 0.1) is 11.8 Å². The molecule has 1 aromatic carbocycles. The van der Waals surface area contributed by atoms with Gasteiger partial charge >= 0.3 is 0 Å². The molecule has 114 valence electrons. The van der Waals surface area contributed by atoms with Crippen LogP contribution in [-0.2, 0) is 4.79 Å². The smallest absolute Gasteiger partial charge is 0.245 e. The van der Waals surface area contributed by atoms with Crippen LogP contribution >= 0.6 is 0 Å². The minimum absolute atomic E-state index is 0.165. The van der Waals surface area contributed by atoms with Gasteiger partial charge in [0.15, 0.2) is 0 Å². The largest absolute Gasteiger partial charge is 0.322 e. The van der Waals surface area contributed by atoms with Crippen molar-refractivity contribution < 1.29 is 4.79 Å². The highest BCUT2D eigenvalue weighted by Gasteiger charge is 2.51. The molecule has 0 spiro atoms. The summed E-state index contributed by atoms with van der Waals surface area (Å²) in [5.41, 5.74) is 1.09. The van der Waals surface area contributed by atoms with Crippen molar-refractivity contribution in [1.82, 2.24) is 10.2 Å². The van der Waals surface area contributed by atoms with Gasteiger partial charge in [-0.2, -0.15) is 0 Å². The number of hydrogen-bond acceptors (Lipinski definition) is 2. The maximum Gasteiger partial charge on any atom is 0.245 e. The lowest BCUT2D eigenvalue weighted by atomic mass is 10.1. The van der Waals surface area contributed by atoms with Crippen molar-refractivity contribution in [2.45, 2.75) is 58.3 Å². The lowest BCUT2D eigenvalue weighted by molar-refractivity contribution is -0.131. The zero-order valence-electron chi connectivity index (χ0n) is 13.3. The summed E-state index contributed by atoms with van der Waals surface area (Å²) in [7, 11) is 0. The van der Waals surface area contributed by atoms with Crippen molar-refractivity contribution in [2.75, 3.05) is 0 Å². The zero-order chi connectivity index (χ0) is 15.0. The quantitative estimate of drug-likeness (QED) is 0.900. The molecule has 3 rings (SSSR count). The van der Waals surface area contributed by atoms with Crippen molar-refractivity contribution in [2.24, 2.45) is 11.8 Å². The Morgan fingerprint density at radius 2 is 2.00 bits per heavy atom. The molecular formula is C18H26N2O. The number of benzene rings is 1. The molecule has 1 aliphatic carbocycles. The van der Waals surface area contributed by atoms with E-state index in [2.05, 4.69) is 31.0 Å². The van der Waals surface area contributed by atoms with E-state index in [9.17, 15) is 4.79 Å². The van der Waals surface area contributed by atoms with Gasteiger partial charge in [-0.25, -0.2) is 0 Å². The van der Waals surface area contributed by atoms with Crippen molar-refractivity contribution in [3.63, 3.8) is 0 Å². The van der Waals surface area contributed by atoms with Crippen LogP contribution < -0.4 is 5.32 Å². The Kier molecular flexibility index (Phi) is 4.03. The van der Waals surface area contributed by atoms with Gasteiger partial charge < -0.3 is 4.90 Å². The van der Waals surface area contributed by atoms with Crippen LogP contribution in [0.25, 0.3) is 0 Å². The molecule has 0 radical (unpaired) electrons. The molecule has 4 atom stereocenters. The molecule has 4 unspecified atom stereocenters. The molecule has 3 heteroatoms. The van der Waals surface area contributed by atoms with Crippen molar-refractivity contribution in [3.05, 3.63) is 35.9 Å². The van der Waals surface area contributed by atoms with Gasteiger partial charge in [-0.15, -0.1) is 0 Å². The molecule has 1 aliphatic heterocycles. The first-order valence-electron chi connectivity index (χ1n) is 8.26. The Morgan fingerprint density at radius 3 is 2.62 bits per heavy atom. The molecule has 1 amide bonds. The van der Waals surface area contributed by atoms with Gasteiger partial charge in [0.05, 0.1) is 6.17 Å². The fraction of sp³-hybridized carbons (Fsp3) is 0.611. The van der Waals surface area contributed by atoms with Crippen LogP contribution in [0.3, 0.4) is 0 Å². The van der Waals surface area contributed by atoms with E-state index in [-0.39, 0.29) is 18.1 Å². The predicted molar refractivity (Wildman–Crippen MR) is 84.6 cm³/mol. The van der Waals surface area contributed by atoms with Gasteiger partial charge in [0.1, 0.15) is 6.04 Å². The number of amides is 1. The molecule has 1 saturated heterocycles. The Hall–Kier alpha value is -1.35. The lowest BCUT2D eigenvalue weighted by Gasteiger charge is -2.27. The molecule has 0 bridgehead atoms. The molecule has 3 nitrogen and oxygen atoms in total. The van der Waals surface area contributed by atoms with E-state index >= 15 is 0 Å². The van der Waals surface area contributed by atoms with E-state index in [1.807, 2.05) is 30.3 Å². The number of carbonyl (C=O) groups is 1. The van der Waals surface area contributed by atoms with Gasteiger partial charge in [-0.1, -0.05) is 57.5 Å². The first kappa shape index (κ1) is 14.6. The van der Waals surface area contributed by atoms with Crippen molar-refractivity contribution in [1.29, 1.82) is 0 Å². The molecule has 1 saturated carbocycles. The third kappa shape index (κ3) is 2.71. The maximum atomic E-state index is 12.9. The minimum Gasteiger partial charge on any atom is -0.322 e. The highest BCUT2D eigenvalue weighted by atomic mass is 16.2. The summed E-state index contributed by atoms with van der Waals surface area (Å²) in [6, 6.07) is 10.4. The Bertz CT molecular complexity index is 499. The fourth-order valence-electron chi connectivity index (χ4n) is 3.63. The van der Waals surface area contributed by atoms with E-state index in [0.717, 1.165) is 11.5 Å². The SMILES string of the molecule is CCCC1CC1N1C(=O)C(c2ccccc2)NC1C(C)C. The van der Waals surface area contributed by atoms with E-state index in [4.69, 9.17) is 0 Å². The second kappa shape index (κ2) is 5.80. The number of hydrogen-bond donors (Lipinski definition) is 1. The number of carbonyl (C=O) groups excluding carboxylic acids is 1. The molecule has 0 aromatic heterocycles. The van der Waals surface area contributed by atoms with Gasteiger partial charge in [0.2, 0.25) is 5.91 Å². The first-order chi connectivity index (χ1) is 10.1. The minimum atomic E-state index is -0.165. The number of rotatable bonds is 5. The van der Waals surface area contributed by atoms with E-state index in [1.165, 1.54) is 19.3 Å². The second-order valence-corrected chi connectivity index (χ2v) is 6.80. The molecule has 21 heavy (non-hydrogen) atoms. The summed E-state index contributed by atoms with van der Waals surface area (Å²) in [6.45, 7) is 6.62. The summed E-state index contributed by atoms with van der Waals surface area (Å²) in [6.07, 6.45) is 3.82. The third-order valence-corrected chi connectivity index (χ3v) is 4.80. The van der Waals surface area contributed by atoms with Crippen LogP contribution in [0.2, 0.25) is 0 Å². The van der Waals surface area contributed by atoms with Crippen molar-refractivity contribution in [3.8, 4) is 0 Å². The van der Waals surface area contributed by atoms with E-state index < -0.39 is 0 Å². The van der Waals surface area contributed by atoms with Gasteiger partial charge in [-0.3, -0.25) is 10.1 Å². The lowest BCUT2D eigenvalue weighted by Crippen LogP contribution is -2.43. The average Bonchev–Trinajstić information content (AvgIpc) is 3.13.